The Morgan fingerprint density at radius 2 is 2.40 bits per heavy atom. The van der Waals surface area contributed by atoms with E-state index in [1.165, 1.54) is 0 Å². The third-order valence-electron chi connectivity index (χ3n) is 3.33. The zero-order valence-corrected chi connectivity index (χ0v) is 12.1. The molecule has 0 atom stereocenters. The van der Waals surface area contributed by atoms with Crippen molar-refractivity contribution in [1.29, 1.82) is 0 Å². The van der Waals surface area contributed by atoms with E-state index in [2.05, 4.69) is 20.5 Å². The van der Waals surface area contributed by atoms with E-state index in [0.29, 0.717) is 6.61 Å². The van der Waals surface area contributed by atoms with Crippen molar-refractivity contribution in [3.63, 3.8) is 0 Å². The summed E-state index contributed by atoms with van der Waals surface area (Å²) in [4.78, 5) is 18.3. The standard InChI is InChI=1S/C14H22N4O2/c1-3-20-14(19)17-12-6-7-16-13-11(12)5-4-9-18(13)10-8-15-2/h6-7,15H,3-5,8-10H2,1-2H3,(H,16,17,19). The van der Waals surface area contributed by atoms with Gasteiger partial charge in [0.25, 0.3) is 0 Å². The lowest BCUT2D eigenvalue weighted by Crippen LogP contribution is -2.36. The molecule has 1 aromatic rings. The van der Waals surface area contributed by atoms with E-state index in [9.17, 15) is 4.79 Å². The van der Waals surface area contributed by atoms with Crippen molar-refractivity contribution >= 4 is 17.6 Å². The number of ether oxygens (including phenoxy) is 1. The smallest absolute Gasteiger partial charge is 0.411 e. The molecule has 0 aliphatic carbocycles. The van der Waals surface area contributed by atoms with Crippen molar-refractivity contribution in [2.24, 2.45) is 0 Å². The fourth-order valence-electron chi connectivity index (χ4n) is 2.41. The average Bonchev–Trinajstić information content (AvgIpc) is 2.45. The van der Waals surface area contributed by atoms with Crippen LogP contribution in [-0.4, -0.2) is 44.4 Å². The molecule has 0 bridgehead atoms. The summed E-state index contributed by atoms with van der Waals surface area (Å²) < 4.78 is 4.93. The van der Waals surface area contributed by atoms with Gasteiger partial charge in [0, 0.05) is 31.4 Å². The number of carbonyl (C=O) groups excluding carboxylic acids is 1. The maximum atomic E-state index is 11.6. The molecule has 6 nitrogen and oxygen atoms in total. The molecule has 0 aromatic carbocycles. The molecule has 0 saturated carbocycles. The summed E-state index contributed by atoms with van der Waals surface area (Å²) >= 11 is 0. The number of aromatic nitrogens is 1. The summed E-state index contributed by atoms with van der Waals surface area (Å²) in [7, 11) is 1.94. The molecule has 1 aromatic heterocycles. The molecule has 0 fully saturated rings. The Bertz CT molecular complexity index is 464. The summed E-state index contributed by atoms with van der Waals surface area (Å²) in [6.45, 7) is 5.00. The van der Waals surface area contributed by atoms with Gasteiger partial charge in [0.15, 0.2) is 0 Å². The molecule has 110 valence electrons. The first-order valence-corrected chi connectivity index (χ1v) is 7.07. The van der Waals surface area contributed by atoms with Crippen LogP contribution < -0.4 is 15.5 Å². The quantitative estimate of drug-likeness (QED) is 0.857. The topological polar surface area (TPSA) is 66.5 Å². The van der Waals surface area contributed by atoms with E-state index in [-0.39, 0.29) is 0 Å². The van der Waals surface area contributed by atoms with E-state index in [1.807, 2.05) is 13.1 Å². The lowest BCUT2D eigenvalue weighted by atomic mass is 10.0. The Morgan fingerprint density at radius 3 is 3.15 bits per heavy atom. The van der Waals surface area contributed by atoms with Gasteiger partial charge in [-0.2, -0.15) is 0 Å². The van der Waals surface area contributed by atoms with Crippen LogP contribution in [0.4, 0.5) is 16.3 Å². The van der Waals surface area contributed by atoms with Crippen molar-refractivity contribution < 1.29 is 9.53 Å². The van der Waals surface area contributed by atoms with Crippen LogP contribution in [0.15, 0.2) is 12.3 Å². The van der Waals surface area contributed by atoms with Crippen LogP contribution in [0.25, 0.3) is 0 Å². The highest BCUT2D eigenvalue weighted by Gasteiger charge is 2.21. The number of pyridine rings is 1. The van der Waals surface area contributed by atoms with Gasteiger partial charge in [0.05, 0.1) is 12.3 Å². The highest BCUT2D eigenvalue weighted by molar-refractivity contribution is 5.87. The van der Waals surface area contributed by atoms with Gasteiger partial charge < -0.3 is 15.0 Å². The number of rotatable bonds is 5. The molecule has 6 heteroatoms. The number of amides is 1. The molecular weight excluding hydrogens is 256 g/mol. The van der Waals surface area contributed by atoms with Crippen molar-refractivity contribution in [1.82, 2.24) is 10.3 Å². The maximum Gasteiger partial charge on any atom is 0.411 e. The van der Waals surface area contributed by atoms with Gasteiger partial charge in [-0.25, -0.2) is 9.78 Å². The van der Waals surface area contributed by atoms with Gasteiger partial charge in [-0.15, -0.1) is 0 Å². The average molecular weight is 278 g/mol. The van der Waals surface area contributed by atoms with Crippen LogP contribution in [-0.2, 0) is 11.2 Å². The van der Waals surface area contributed by atoms with Crippen molar-refractivity contribution in [2.45, 2.75) is 19.8 Å². The number of anilines is 2. The normalized spacial score (nSPS) is 13.8. The first kappa shape index (κ1) is 14.6. The third kappa shape index (κ3) is 3.39. The van der Waals surface area contributed by atoms with E-state index < -0.39 is 6.09 Å². The fourth-order valence-corrected chi connectivity index (χ4v) is 2.41. The molecule has 20 heavy (non-hydrogen) atoms. The van der Waals surface area contributed by atoms with Crippen LogP contribution in [0.1, 0.15) is 18.9 Å². The van der Waals surface area contributed by atoms with E-state index in [4.69, 9.17) is 4.74 Å². The summed E-state index contributed by atoms with van der Waals surface area (Å²) in [5.74, 6) is 0.973. The second-order valence-electron chi connectivity index (χ2n) is 4.70. The van der Waals surface area contributed by atoms with Crippen LogP contribution in [0.2, 0.25) is 0 Å². The number of hydrogen-bond donors (Lipinski definition) is 2. The molecule has 2 N–H and O–H groups in total. The zero-order chi connectivity index (χ0) is 14.4. The summed E-state index contributed by atoms with van der Waals surface area (Å²) in [5.41, 5.74) is 1.91. The summed E-state index contributed by atoms with van der Waals surface area (Å²) in [5, 5.41) is 5.95. The van der Waals surface area contributed by atoms with Crippen molar-refractivity contribution in [2.75, 3.05) is 43.5 Å². The Kier molecular flexibility index (Phi) is 5.17. The molecule has 0 unspecified atom stereocenters. The molecule has 2 heterocycles. The molecule has 0 spiro atoms. The number of likely N-dealkylation sites (N-methyl/N-ethyl adjacent to an activating group) is 1. The van der Waals surface area contributed by atoms with Crippen LogP contribution in [0, 0.1) is 0 Å². The minimum Gasteiger partial charge on any atom is -0.450 e. The Labute approximate surface area is 119 Å². The minimum atomic E-state index is -0.409. The van der Waals surface area contributed by atoms with E-state index >= 15 is 0 Å². The number of hydrogen-bond acceptors (Lipinski definition) is 5. The second kappa shape index (κ2) is 7.09. The summed E-state index contributed by atoms with van der Waals surface area (Å²) in [6.07, 6.45) is 3.33. The number of nitrogens with one attached hydrogen (secondary N) is 2. The van der Waals surface area contributed by atoms with Crippen LogP contribution in [0.3, 0.4) is 0 Å². The van der Waals surface area contributed by atoms with Crippen LogP contribution in [0.5, 0.6) is 0 Å². The largest absolute Gasteiger partial charge is 0.450 e. The molecule has 1 aliphatic rings. The van der Waals surface area contributed by atoms with Gasteiger partial charge in [-0.1, -0.05) is 0 Å². The van der Waals surface area contributed by atoms with E-state index in [0.717, 1.165) is 49.5 Å². The maximum absolute atomic E-state index is 11.6. The highest BCUT2D eigenvalue weighted by Crippen LogP contribution is 2.30. The first-order valence-electron chi connectivity index (χ1n) is 7.07. The zero-order valence-electron chi connectivity index (χ0n) is 12.1. The molecule has 1 amide bonds. The van der Waals surface area contributed by atoms with Gasteiger partial charge >= 0.3 is 6.09 Å². The Balaban J connectivity index is 2.17. The molecule has 0 radical (unpaired) electrons. The summed E-state index contributed by atoms with van der Waals surface area (Å²) in [6, 6.07) is 1.83. The number of carbonyl (C=O) groups is 1. The third-order valence-corrected chi connectivity index (χ3v) is 3.33. The highest BCUT2D eigenvalue weighted by atomic mass is 16.5. The second-order valence-corrected chi connectivity index (χ2v) is 4.70. The number of nitrogens with zero attached hydrogens (tertiary/aromatic N) is 2. The SMILES string of the molecule is CCOC(=O)Nc1ccnc2c1CCCN2CCNC. The van der Waals surface area contributed by atoms with Gasteiger partial charge in [0.1, 0.15) is 5.82 Å². The predicted octanol–water partition coefficient (Wildman–Crippen LogP) is 1.62. The first-order chi connectivity index (χ1) is 9.76. The van der Waals surface area contributed by atoms with Gasteiger partial charge in [-0.3, -0.25) is 5.32 Å². The lowest BCUT2D eigenvalue weighted by molar-refractivity contribution is 0.168. The Hall–Kier alpha value is -1.82. The van der Waals surface area contributed by atoms with E-state index in [1.54, 1.807) is 13.1 Å². The molecular formula is C14H22N4O2. The predicted molar refractivity (Wildman–Crippen MR) is 79.3 cm³/mol. The minimum absolute atomic E-state index is 0.368. The van der Waals surface area contributed by atoms with Gasteiger partial charge in [-0.05, 0) is 32.9 Å². The molecule has 1 aliphatic heterocycles. The van der Waals surface area contributed by atoms with Crippen molar-refractivity contribution in [3.8, 4) is 0 Å². The molecule has 2 rings (SSSR count). The van der Waals surface area contributed by atoms with Gasteiger partial charge in [0.2, 0.25) is 0 Å². The van der Waals surface area contributed by atoms with Crippen LogP contribution >= 0.6 is 0 Å². The van der Waals surface area contributed by atoms with Crippen molar-refractivity contribution in [3.05, 3.63) is 17.8 Å². The fraction of sp³-hybridized carbons (Fsp3) is 0.571. The lowest BCUT2D eigenvalue weighted by Gasteiger charge is -2.31. The molecule has 0 saturated heterocycles. The number of fused-ring (bicyclic) bond motifs is 1. The Morgan fingerprint density at radius 1 is 1.55 bits per heavy atom. The monoisotopic (exact) mass is 278 g/mol.